The molecule has 1 aliphatic rings. The van der Waals surface area contributed by atoms with Gasteiger partial charge in [0.1, 0.15) is 11.4 Å². The molecule has 0 aliphatic heterocycles. The van der Waals surface area contributed by atoms with Crippen molar-refractivity contribution in [3.63, 3.8) is 0 Å². The van der Waals surface area contributed by atoms with Crippen molar-refractivity contribution in [1.82, 2.24) is 0 Å². The molecule has 1 aliphatic carbocycles. The topological polar surface area (TPSA) is 57.5 Å². The van der Waals surface area contributed by atoms with Gasteiger partial charge in [0.05, 0.1) is 6.42 Å². The molecular weight excluding hydrogens is 223 g/mol. The number of carboxylic acids is 1. The first-order chi connectivity index (χ1) is 7.74. The number of carbonyl (C=O) groups is 1. The van der Waals surface area contributed by atoms with E-state index in [1.165, 1.54) is 12.1 Å². The van der Waals surface area contributed by atoms with E-state index in [1.54, 1.807) is 6.07 Å². The van der Waals surface area contributed by atoms with Crippen LogP contribution in [-0.4, -0.2) is 16.2 Å². The van der Waals surface area contributed by atoms with Crippen molar-refractivity contribution in [2.45, 2.75) is 37.7 Å². The second kappa shape index (κ2) is 3.53. The third-order valence-electron chi connectivity index (χ3n) is 3.39. The highest BCUT2D eigenvalue weighted by molar-refractivity contribution is 5.69. The van der Waals surface area contributed by atoms with Crippen LogP contribution in [0.3, 0.4) is 0 Å². The Kier molecular flexibility index (Phi) is 2.51. The SMILES string of the molecule is CC1(C)CC(O)(CC(=O)O)c2cc(F)ccc21. The zero-order chi connectivity index (χ0) is 12.8. The van der Waals surface area contributed by atoms with E-state index in [4.69, 9.17) is 5.11 Å². The number of hydrogen-bond acceptors (Lipinski definition) is 2. The highest BCUT2D eigenvalue weighted by atomic mass is 19.1. The van der Waals surface area contributed by atoms with Crippen molar-refractivity contribution in [3.05, 3.63) is 35.1 Å². The van der Waals surface area contributed by atoms with Crippen LogP contribution in [0.1, 0.15) is 37.8 Å². The highest BCUT2D eigenvalue weighted by Crippen LogP contribution is 2.49. The van der Waals surface area contributed by atoms with Crippen LogP contribution >= 0.6 is 0 Å². The summed E-state index contributed by atoms with van der Waals surface area (Å²) in [4.78, 5) is 10.8. The quantitative estimate of drug-likeness (QED) is 0.830. The van der Waals surface area contributed by atoms with E-state index in [1.807, 2.05) is 13.8 Å². The molecule has 1 aromatic carbocycles. The average molecular weight is 238 g/mol. The van der Waals surface area contributed by atoms with Gasteiger partial charge in [-0.1, -0.05) is 19.9 Å². The molecule has 92 valence electrons. The fourth-order valence-electron chi connectivity index (χ4n) is 2.82. The Balaban J connectivity index is 2.56. The van der Waals surface area contributed by atoms with E-state index >= 15 is 0 Å². The second-order valence-corrected chi connectivity index (χ2v) is 5.35. The first kappa shape index (κ1) is 12.0. The number of rotatable bonds is 2. The molecule has 4 heteroatoms. The van der Waals surface area contributed by atoms with Crippen molar-refractivity contribution in [3.8, 4) is 0 Å². The van der Waals surface area contributed by atoms with Gasteiger partial charge in [-0.25, -0.2) is 4.39 Å². The monoisotopic (exact) mass is 238 g/mol. The molecule has 0 saturated heterocycles. The van der Waals surface area contributed by atoms with Crippen LogP contribution in [0.25, 0.3) is 0 Å². The van der Waals surface area contributed by atoms with E-state index in [2.05, 4.69) is 0 Å². The number of carboxylic acid groups (broad SMARTS) is 1. The molecule has 2 N–H and O–H groups in total. The standard InChI is InChI=1S/C13H15FO3/c1-12(2)7-13(17,6-11(15)16)10-5-8(14)3-4-9(10)12/h3-5,17H,6-7H2,1-2H3,(H,15,16). The van der Waals surface area contributed by atoms with E-state index < -0.39 is 23.8 Å². The van der Waals surface area contributed by atoms with Gasteiger partial charge >= 0.3 is 5.97 Å². The zero-order valence-corrected chi connectivity index (χ0v) is 9.83. The maximum atomic E-state index is 13.2. The van der Waals surface area contributed by atoms with Crippen molar-refractivity contribution >= 4 is 5.97 Å². The molecule has 0 spiro atoms. The minimum absolute atomic E-state index is 0.297. The summed E-state index contributed by atoms with van der Waals surface area (Å²) in [5.41, 5.74) is -0.576. The van der Waals surface area contributed by atoms with Crippen molar-refractivity contribution in [2.75, 3.05) is 0 Å². The molecule has 0 heterocycles. The van der Waals surface area contributed by atoms with Gasteiger partial charge in [-0.3, -0.25) is 4.79 Å². The number of aliphatic carboxylic acids is 1. The van der Waals surface area contributed by atoms with Crippen LogP contribution < -0.4 is 0 Å². The fourth-order valence-corrected chi connectivity index (χ4v) is 2.82. The lowest BCUT2D eigenvalue weighted by Crippen LogP contribution is -2.28. The summed E-state index contributed by atoms with van der Waals surface area (Å²) in [5.74, 6) is -1.54. The number of halogens is 1. The molecule has 3 nitrogen and oxygen atoms in total. The Morgan fingerprint density at radius 2 is 2.06 bits per heavy atom. The van der Waals surface area contributed by atoms with Gasteiger partial charge in [-0.15, -0.1) is 0 Å². The maximum Gasteiger partial charge on any atom is 0.306 e. The average Bonchev–Trinajstić information content (AvgIpc) is 2.32. The van der Waals surface area contributed by atoms with Crippen molar-refractivity contribution in [2.24, 2.45) is 0 Å². The molecule has 0 amide bonds. The summed E-state index contributed by atoms with van der Waals surface area (Å²) in [7, 11) is 0. The molecule has 2 rings (SSSR count). The fraction of sp³-hybridized carbons (Fsp3) is 0.462. The van der Waals surface area contributed by atoms with Gasteiger partial charge in [-0.2, -0.15) is 0 Å². The van der Waals surface area contributed by atoms with Gasteiger partial charge in [0.15, 0.2) is 0 Å². The van der Waals surface area contributed by atoms with Crippen LogP contribution in [-0.2, 0) is 15.8 Å². The molecule has 17 heavy (non-hydrogen) atoms. The van der Waals surface area contributed by atoms with Gasteiger partial charge < -0.3 is 10.2 Å². The van der Waals surface area contributed by atoms with Crippen LogP contribution in [0.5, 0.6) is 0 Å². The molecule has 0 saturated carbocycles. The van der Waals surface area contributed by atoms with Crippen LogP contribution in [0.2, 0.25) is 0 Å². The number of fused-ring (bicyclic) bond motifs is 1. The van der Waals surface area contributed by atoms with E-state index in [-0.39, 0.29) is 5.41 Å². The molecule has 0 aromatic heterocycles. The number of hydrogen-bond donors (Lipinski definition) is 2. The van der Waals surface area contributed by atoms with Gasteiger partial charge in [0.2, 0.25) is 0 Å². The number of aliphatic hydroxyl groups is 1. The Morgan fingerprint density at radius 3 is 2.65 bits per heavy atom. The first-order valence-corrected chi connectivity index (χ1v) is 5.49. The summed E-state index contributed by atoms with van der Waals surface area (Å²) in [5, 5.41) is 19.3. The largest absolute Gasteiger partial charge is 0.481 e. The lowest BCUT2D eigenvalue weighted by atomic mass is 9.84. The predicted molar refractivity (Wildman–Crippen MR) is 60.2 cm³/mol. The first-order valence-electron chi connectivity index (χ1n) is 5.49. The van der Waals surface area contributed by atoms with E-state index in [9.17, 15) is 14.3 Å². The minimum Gasteiger partial charge on any atom is -0.481 e. The Bertz CT molecular complexity index is 482. The summed E-state index contributed by atoms with van der Waals surface area (Å²) in [6.45, 7) is 3.84. The summed E-state index contributed by atoms with van der Waals surface area (Å²) >= 11 is 0. The van der Waals surface area contributed by atoms with Gasteiger partial charge in [0.25, 0.3) is 0 Å². The molecular formula is C13H15FO3. The molecule has 1 unspecified atom stereocenters. The lowest BCUT2D eigenvalue weighted by Gasteiger charge is -2.24. The third-order valence-corrected chi connectivity index (χ3v) is 3.39. The van der Waals surface area contributed by atoms with Crippen molar-refractivity contribution < 1.29 is 19.4 Å². The minimum atomic E-state index is -1.47. The molecule has 1 aromatic rings. The Morgan fingerprint density at radius 1 is 1.41 bits per heavy atom. The summed E-state index contributed by atoms with van der Waals surface area (Å²) in [6.07, 6.45) is -0.0992. The zero-order valence-electron chi connectivity index (χ0n) is 9.83. The van der Waals surface area contributed by atoms with E-state index in [0.29, 0.717) is 12.0 Å². The molecule has 0 fully saturated rings. The van der Waals surface area contributed by atoms with Gasteiger partial charge in [-0.05, 0) is 35.1 Å². The van der Waals surface area contributed by atoms with Gasteiger partial charge in [0, 0.05) is 0 Å². The Hall–Kier alpha value is -1.42. The molecule has 0 bridgehead atoms. The van der Waals surface area contributed by atoms with E-state index in [0.717, 1.165) is 5.56 Å². The van der Waals surface area contributed by atoms with Crippen molar-refractivity contribution in [1.29, 1.82) is 0 Å². The second-order valence-electron chi connectivity index (χ2n) is 5.35. The maximum absolute atomic E-state index is 13.2. The van der Waals surface area contributed by atoms with Crippen LogP contribution in [0.15, 0.2) is 18.2 Å². The third kappa shape index (κ3) is 1.93. The molecule has 0 radical (unpaired) electrons. The smallest absolute Gasteiger partial charge is 0.306 e. The number of benzene rings is 1. The highest BCUT2D eigenvalue weighted by Gasteiger charge is 2.47. The molecule has 1 atom stereocenters. The summed E-state index contributed by atoms with van der Waals surface area (Å²) in [6, 6.07) is 4.21. The summed E-state index contributed by atoms with van der Waals surface area (Å²) < 4.78 is 13.2. The van der Waals surface area contributed by atoms with Crippen LogP contribution in [0, 0.1) is 5.82 Å². The van der Waals surface area contributed by atoms with Crippen LogP contribution in [0.4, 0.5) is 4.39 Å². The lowest BCUT2D eigenvalue weighted by molar-refractivity contribution is -0.143. The predicted octanol–water partition coefficient (Wildman–Crippen LogP) is 2.17. The normalized spacial score (nSPS) is 25.6. The Labute approximate surface area is 98.9 Å².